The van der Waals surface area contributed by atoms with Gasteiger partial charge < -0.3 is 35.3 Å². The van der Waals surface area contributed by atoms with Crippen LogP contribution >= 0.6 is 23.2 Å². The molecule has 0 aliphatic carbocycles. The van der Waals surface area contributed by atoms with Crippen LogP contribution < -0.4 is 20.7 Å². The molecule has 2 aromatic carbocycles. The number of methoxy groups -OCH3 is 1. The zero-order valence-corrected chi connectivity index (χ0v) is 28.0. The van der Waals surface area contributed by atoms with E-state index in [0.29, 0.717) is 76.5 Å². The molecular weight excluding hydrogens is 657 g/mol. The Morgan fingerprint density at radius 3 is 2.69 bits per heavy atom. The Morgan fingerprint density at radius 1 is 1.12 bits per heavy atom. The fraction of sp³-hybridized carbons (Fsp3) is 0.324. The summed E-state index contributed by atoms with van der Waals surface area (Å²) in [4.78, 5) is 47.5. The Morgan fingerprint density at radius 2 is 1.94 bits per heavy atom. The number of halogens is 2. The van der Waals surface area contributed by atoms with Gasteiger partial charge in [0, 0.05) is 79.7 Å². The van der Waals surface area contributed by atoms with Crippen molar-refractivity contribution in [2.45, 2.75) is 38.4 Å². The summed E-state index contributed by atoms with van der Waals surface area (Å²) >= 11 is 13.9. The molecule has 0 unspecified atom stereocenters. The number of rotatable bonds is 10. The van der Waals surface area contributed by atoms with Gasteiger partial charge in [-0.05, 0) is 24.6 Å². The van der Waals surface area contributed by atoms with E-state index in [1.807, 2.05) is 24.3 Å². The molecule has 3 amide bonds. The molecule has 2 aliphatic heterocycles. The van der Waals surface area contributed by atoms with Gasteiger partial charge in [-0.2, -0.15) is 0 Å². The summed E-state index contributed by atoms with van der Waals surface area (Å²) in [5.41, 5.74) is 5.34. The van der Waals surface area contributed by atoms with Gasteiger partial charge in [0.1, 0.15) is 12.4 Å². The van der Waals surface area contributed by atoms with E-state index in [1.54, 1.807) is 43.1 Å². The van der Waals surface area contributed by atoms with Crippen molar-refractivity contribution in [1.29, 1.82) is 0 Å². The second-order valence-electron chi connectivity index (χ2n) is 11.7. The Balaban J connectivity index is 1.21. The van der Waals surface area contributed by atoms with Crippen LogP contribution in [0.3, 0.4) is 0 Å². The van der Waals surface area contributed by atoms with Crippen molar-refractivity contribution in [3.8, 4) is 28.1 Å². The first kappa shape index (κ1) is 33.4. The first-order valence-electron chi connectivity index (χ1n) is 15.5. The number of aliphatic hydroxyl groups is 1. The van der Waals surface area contributed by atoms with Crippen molar-refractivity contribution >= 4 is 46.6 Å². The van der Waals surface area contributed by atoms with Crippen LogP contribution in [0.5, 0.6) is 5.75 Å². The number of fused-ring (bicyclic) bond motifs is 1. The number of anilines is 1. The number of nitrogens with one attached hydrogen (secondary N) is 3. The van der Waals surface area contributed by atoms with E-state index in [2.05, 4.69) is 25.9 Å². The van der Waals surface area contributed by atoms with Crippen LogP contribution in [0.2, 0.25) is 10.0 Å². The Labute approximate surface area is 287 Å². The molecule has 48 heavy (non-hydrogen) atoms. The van der Waals surface area contributed by atoms with Gasteiger partial charge in [0.05, 0.1) is 40.8 Å². The smallest absolute Gasteiger partial charge is 0.291 e. The summed E-state index contributed by atoms with van der Waals surface area (Å²) in [6.07, 6.45) is 3.55. The lowest BCUT2D eigenvalue weighted by atomic mass is 10.0. The summed E-state index contributed by atoms with van der Waals surface area (Å²) in [5, 5.41) is 19.1. The second-order valence-corrected chi connectivity index (χ2v) is 12.5. The highest BCUT2D eigenvalue weighted by atomic mass is 35.5. The van der Waals surface area contributed by atoms with Gasteiger partial charge >= 0.3 is 0 Å². The van der Waals surface area contributed by atoms with Crippen molar-refractivity contribution in [3.05, 3.63) is 81.5 Å². The predicted molar refractivity (Wildman–Crippen MR) is 182 cm³/mol. The molecule has 0 bridgehead atoms. The predicted octanol–water partition coefficient (Wildman–Crippen LogP) is 3.96. The van der Waals surface area contributed by atoms with Gasteiger partial charge in [-0.15, -0.1) is 0 Å². The number of nitrogens with zero attached hydrogens (tertiary/aromatic N) is 4. The third-order valence-electron chi connectivity index (χ3n) is 8.72. The number of hydrogen-bond acceptors (Lipinski definition) is 8. The van der Waals surface area contributed by atoms with Gasteiger partial charge in [0.2, 0.25) is 11.8 Å². The lowest BCUT2D eigenvalue weighted by Crippen LogP contribution is -2.38. The minimum Gasteiger partial charge on any atom is -0.496 e. The summed E-state index contributed by atoms with van der Waals surface area (Å²) in [6.45, 7) is 1.32. The molecule has 250 valence electrons. The number of pyridine rings is 1. The van der Waals surface area contributed by atoms with Crippen molar-refractivity contribution in [3.63, 3.8) is 0 Å². The molecule has 4 N–H and O–H groups in total. The molecule has 4 heterocycles. The van der Waals surface area contributed by atoms with Crippen LogP contribution in [0.4, 0.5) is 5.69 Å². The van der Waals surface area contributed by atoms with Crippen molar-refractivity contribution in [2.24, 2.45) is 7.05 Å². The van der Waals surface area contributed by atoms with E-state index in [0.717, 1.165) is 23.2 Å². The quantitative estimate of drug-likeness (QED) is 0.195. The SMILES string of the molecule is COc1cc(-c2nccc(-c3cccc(NC(=O)c4nc5c(n4C)CCN(C(=O)CO)C5)c3Cl)c2Cl)ccc1CNC[C@H]1CCC(=O)N1. The molecule has 0 spiro atoms. The Bertz CT molecular complexity index is 1900. The van der Waals surface area contributed by atoms with Crippen molar-refractivity contribution < 1.29 is 24.2 Å². The highest BCUT2D eigenvalue weighted by molar-refractivity contribution is 6.39. The number of aromatic nitrogens is 3. The van der Waals surface area contributed by atoms with Gasteiger partial charge in [0.15, 0.2) is 5.82 Å². The van der Waals surface area contributed by atoms with Crippen molar-refractivity contribution in [1.82, 2.24) is 30.1 Å². The maximum Gasteiger partial charge on any atom is 0.291 e. The number of amides is 3. The van der Waals surface area contributed by atoms with E-state index >= 15 is 0 Å². The molecule has 2 aliphatic rings. The zero-order valence-electron chi connectivity index (χ0n) is 26.5. The average molecular weight is 693 g/mol. The molecular formula is C34H35Cl2N7O5. The molecule has 6 rings (SSSR count). The molecule has 12 nitrogen and oxygen atoms in total. The maximum absolute atomic E-state index is 13.4. The van der Waals surface area contributed by atoms with E-state index in [4.69, 9.17) is 27.9 Å². The molecule has 0 radical (unpaired) electrons. The van der Waals surface area contributed by atoms with E-state index in [-0.39, 0.29) is 30.2 Å². The van der Waals surface area contributed by atoms with Crippen LogP contribution in [-0.2, 0) is 36.1 Å². The Kier molecular flexibility index (Phi) is 9.97. The number of hydrogen-bond donors (Lipinski definition) is 4. The fourth-order valence-corrected chi connectivity index (χ4v) is 6.76. The number of ether oxygens (including phenoxy) is 1. The minimum atomic E-state index is -0.574. The fourth-order valence-electron chi connectivity index (χ4n) is 6.16. The maximum atomic E-state index is 13.4. The van der Waals surface area contributed by atoms with Crippen LogP contribution in [-0.4, -0.2) is 75.1 Å². The lowest BCUT2D eigenvalue weighted by Gasteiger charge is -2.26. The largest absolute Gasteiger partial charge is 0.496 e. The van der Waals surface area contributed by atoms with Gasteiger partial charge in [-0.1, -0.05) is 47.5 Å². The summed E-state index contributed by atoms with van der Waals surface area (Å²) in [5.74, 6) is 0.105. The topological polar surface area (TPSA) is 151 Å². The number of aliphatic hydroxyl groups excluding tert-OH is 1. The zero-order chi connectivity index (χ0) is 33.9. The summed E-state index contributed by atoms with van der Waals surface area (Å²) in [7, 11) is 3.37. The van der Waals surface area contributed by atoms with Gasteiger partial charge in [-0.25, -0.2) is 4.98 Å². The number of benzene rings is 2. The highest BCUT2D eigenvalue weighted by Crippen LogP contribution is 2.41. The molecule has 14 heteroatoms. The van der Waals surface area contributed by atoms with Gasteiger partial charge in [0.25, 0.3) is 5.91 Å². The van der Waals surface area contributed by atoms with E-state index in [9.17, 15) is 19.5 Å². The second kappa shape index (κ2) is 14.3. The van der Waals surface area contributed by atoms with Crippen LogP contribution in [0.15, 0.2) is 48.7 Å². The molecule has 1 atom stereocenters. The van der Waals surface area contributed by atoms with Crippen LogP contribution in [0, 0.1) is 0 Å². The third-order valence-corrected chi connectivity index (χ3v) is 9.51. The first-order chi connectivity index (χ1) is 23.2. The Hall–Kier alpha value is -4.49. The lowest BCUT2D eigenvalue weighted by molar-refractivity contribution is -0.135. The van der Waals surface area contributed by atoms with Crippen molar-refractivity contribution in [2.75, 3.05) is 32.1 Å². The summed E-state index contributed by atoms with van der Waals surface area (Å²) < 4.78 is 7.41. The summed E-state index contributed by atoms with van der Waals surface area (Å²) in [6, 6.07) is 13.0. The number of carbonyl (C=O) groups excluding carboxylic acids is 3. The van der Waals surface area contributed by atoms with E-state index < -0.39 is 12.5 Å². The first-order valence-corrected chi connectivity index (χ1v) is 16.3. The average Bonchev–Trinajstić information content (AvgIpc) is 3.67. The molecule has 0 saturated carbocycles. The van der Waals surface area contributed by atoms with Crippen LogP contribution in [0.1, 0.15) is 40.4 Å². The molecule has 2 aromatic heterocycles. The molecule has 4 aromatic rings. The number of imidazole rings is 1. The van der Waals surface area contributed by atoms with E-state index in [1.165, 1.54) is 4.90 Å². The standard InChI is InChI=1S/C34H35Cl2N7O5/c1-42-26-11-13-43(29(46)18-44)17-25(26)40-33(42)34(47)41-24-5-3-4-22(30(24)35)23-10-12-38-32(31(23)36)19-6-7-20(27(14-19)48-2)15-37-16-21-8-9-28(45)39-21/h3-7,10,12,14,21,37,44H,8-9,11,13,15-18H2,1-2H3,(H,39,45)(H,41,47)/t21-/m1/s1. The normalized spacial score (nSPS) is 15.6. The number of carbonyl (C=O) groups is 3. The highest BCUT2D eigenvalue weighted by Gasteiger charge is 2.28. The van der Waals surface area contributed by atoms with Gasteiger partial charge in [-0.3, -0.25) is 19.4 Å². The monoisotopic (exact) mass is 691 g/mol. The third kappa shape index (κ3) is 6.74. The molecule has 1 fully saturated rings. The minimum absolute atomic E-state index is 0.0868. The molecule has 1 saturated heterocycles. The van der Waals surface area contributed by atoms with Crippen LogP contribution in [0.25, 0.3) is 22.4 Å².